The third-order valence-electron chi connectivity index (χ3n) is 6.62. The van der Waals surface area contributed by atoms with E-state index in [1.807, 2.05) is 0 Å². The van der Waals surface area contributed by atoms with Crippen molar-refractivity contribution in [3.63, 3.8) is 0 Å². The van der Waals surface area contributed by atoms with Crippen LogP contribution in [-0.4, -0.2) is 43.5 Å². The summed E-state index contributed by atoms with van der Waals surface area (Å²) in [4.78, 5) is -1.01. The summed E-state index contributed by atoms with van der Waals surface area (Å²) in [6, 6.07) is 21.5. The zero-order valence-corrected chi connectivity index (χ0v) is 23.9. The highest BCUT2D eigenvalue weighted by Crippen LogP contribution is 2.72. The summed E-state index contributed by atoms with van der Waals surface area (Å²) in [5.41, 5.74) is 0. The number of hydrogen-bond donors (Lipinski definition) is 0. The van der Waals surface area contributed by atoms with Gasteiger partial charge < -0.3 is 0 Å². The third kappa shape index (κ3) is 5.08. The maximum absolute atomic E-state index is 15.3. The van der Waals surface area contributed by atoms with Crippen molar-refractivity contribution in [1.82, 2.24) is 0 Å². The van der Waals surface area contributed by atoms with Crippen LogP contribution in [-0.2, 0) is 13.7 Å². The van der Waals surface area contributed by atoms with Crippen molar-refractivity contribution in [3.8, 4) is 0 Å². The lowest BCUT2D eigenvalue weighted by molar-refractivity contribution is -0.433. The minimum atomic E-state index is -8.34. The number of alkyl halides is 13. The van der Waals surface area contributed by atoms with Crippen molar-refractivity contribution in [3.05, 3.63) is 103 Å². The Kier molecular flexibility index (Phi) is 8.70. The van der Waals surface area contributed by atoms with Crippen molar-refractivity contribution in [2.24, 2.45) is 0 Å². The summed E-state index contributed by atoms with van der Waals surface area (Å²) in [7, 11) is -12.1. The molecule has 18 heteroatoms. The molecule has 0 aliphatic rings. The number of benzene rings is 4. The van der Waals surface area contributed by atoms with E-state index in [1.165, 1.54) is 72.8 Å². The van der Waals surface area contributed by atoms with Gasteiger partial charge in [-0.1, -0.05) is 72.8 Å². The summed E-state index contributed by atoms with van der Waals surface area (Å²) in [5, 5.41) is -7.21. The Morgan fingerprint density at radius 1 is 0.457 bits per heavy atom. The smallest absolute Gasteiger partial charge is 0.202 e. The monoisotopic (exact) mass is 712 g/mol. The van der Waals surface area contributed by atoms with Gasteiger partial charge in [0.25, 0.3) is 0 Å². The first-order valence-corrected chi connectivity index (χ1v) is 15.3. The summed E-state index contributed by atoms with van der Waals surface area (Å²) in [5.74, 6) is -32.8. The molecule has 46 heavy (non-hydrogen) atoms. The van der Waals surface area contributed by atoms with Gasteiger partial charge in [0.1, 0.15) is 0 Å². The molecule has 0 radical (unpaired) electrons. The van der Waals surface area contributed by atoms with Crippen molar-refractivity contribution in [1.29, 1.82) is 0 Å². The number of rotatable bonds is 10. The molecule has 0 saturated carbocycles. The zero-order chi connectivity index (χ0) is 34.6. The van der Waals surface area contributed by atoms with E-state index in [-0.39, 0.29) is 20.1 Å². The molecule has 0 heterocycles. The van der Waals surface area contributed by atoms with E-state index >= 15 is 8.78 Å². The predicted octanol–water partition coefficient (Wildman–Crippen LogP) is 10.1. The highest BCUT2D eigenvalue weighted by Gasteiger charge is 2.93. The van der Waals surface area contributed by atoms with Gasteiger partial charge in [-0.25, -0.2) is 3.63 Å². The molecule has 0 fully saturated rings. The zero-order valence-electron chi connectivity index (χ0n) is 22.3. The highest BCUT2D eigenvalue weighted by molar-refractivity contribution is 8.33. The molecular weight excluding hydrogens is 695 g/mol. The Labute approximate surface area is 253 Å². The van der Waals surface area contributed by atoms with E-state index in [9.17, 15) is 56.7 Å². The largest absolute Gasteiger partial charge is 0.460 e. The molecule has 4 rings (SSSR count). The third-order valence-corrected chi connectivity index (χ3v) is 11.9. The summed E-state index contributed by atoms with van der Waals surface area (Å²) in [6.45, 7) is 0. The standard InChI is InChI=1S/C28H17F13O3S2/c29-23(30,25(33,34)27(37,38)39)24(31,32)26(35,36)28(40,41)46(42,43)44-45(19-12-3-1-4-13-19,20-14-5-2-6-15-20)22-17-9-11-18-10-7-8-16-21(18)22/h1-17H. The van der Waals surface area contributed by atoms with Gasteiger partial charge in [-0.15, -0.1) is 0 Å². The van der Waals surface area contributed by atoms with Gasteiger partial charge in [-0.3, -0.25) is 0 Å². The normalized spacial score (nSPS) is 14.8. The average molecular weight is 713 g/mol. The number of hydrogen-bond acceptors (Lipinski definition) is 3. The molecule has 0 saturated heterocycles. The number of halogens is 13. The fourth-order valence-corrected chi connectivity index (χ4v) is 9.67. The van der Waals surface area contributed by atoms with Crippen LogP contribution in [0.3, 0.4) is 0 Å². The molecule has 4 aromatic carbocycles. The van der Waals surface area contributed by atoms with Crippen LogP contribution in [0.25, 0.3) is 10.8 Å². The van der Waals surface area contributed by atoms with Gasteiger partial charge in [-0.2, -0.15) is 65.5 Å². The Balaban J connectivity index is 2.03. The van der Waals surface area contributed by atoms with Gasteiger partial charge in [-0.05, 0) is 51.4 Å². The Bertz CT molecular complexity index is 1770. The first-order valence-electron chi connectivity index (χ1n) is 12.3. The maximum Gasteiger partial charge on any atom is 0.460 e. The van der Waals surface area contributed by atoms with Gasteiger partial charge in [0.05, 0.1) is 0 Å². The van der Waals surface area contributed by atoms with Crippen LogP contribution in [0.5, 0.6) is 0 Å². The molecular formula is C28H17F13O3S2. The lowest BCUT2D eigenvalue weighted by Gasteiger charge is -2.43. The summed E-state index contributed by atoms with van der Waals surface area (Å²) in [6.07, 6.45) is -7.66. The first kappa shape index (κ1) is 35.3. The quantitative estimate of drug-likeness (QED) is 0.154. The fraction of sp³-hybridized carbons (Fsp3) is 0.214. The molecule has 4 aromatic rings. The van der Waals surface area contributed by atoms with E-state index in [0.29, 0.717) is 5.39 Å². The number of fused-ring (bicyclic) bond motifs is 1. The molecule has 0 N–H and O–H groups in total. The van der Waals surface area contributed by atoms with Crippen LogP contribution in [0.2, 0.25) is 0 Å². The Morgan fingerprint density at radius 2 is 0.870 bits per heavy atom. The average Bonchev–Trinajstić information content (AvgIpc) is 2.99. The molecule has 0 aliphatic heterocycles. The molecule has 0 spiro atoms. The summed E-state index contributed by atoms with van der Waals surface area (Å²) < 4.78 is 212. The van der Waals surface area contributed by atoms with Crippen LogP contribution in [0.4, 0.5) is 57.1 Å². The van der Waals surface area contributed by atoms with E-state index in [1.54, 1.807) is 0 Å². The molecule has 0 bridgehead atoms. The summed E-state index contributed by atoms with van der Waals surface area (Å²) >= 11 is 0. The van der Waals surface area contributed by atoms with Crippen LogP contribution in [0, 0.1) is 0 Å². The van der Waals surface area contributed by atoms with Crippen molar-refractivity contribution < 1.29 is 69.1 Å². The van der Waals surface area contributed by atoms with Crippen LogP contribution >= 0.6 is 10.3 Å². The Hall–Kier alpha value is -3.51. The highest BCUT2D eigenvalue weighted by atomic mass is 32.3. The van der Waals surface area contributed by atoms with Crippen LogP contribution < -0.4 is 0 Å². The van der Waals surface area contributed by atoms with Crippen molar-refractivity contribution >= 4 is 31.2 Å². The maximum atomic E-state index is 15.3. The van der Waals surface area contributed by atoms with E-state index < -0.39 is 55.5 Å². The molecule has 0 unspecified atom stereocenters. The molecule has 0 aliphatic carbocycles. The Morgan fingerprint density at radius 3 is 1.35 bits per heavy atom. The van der Waals surface area contributed by atoms with Crippen molar-refractivity contribution in [2.75, 3.05) is 0 Å². The van der Waals surface area contributed by atoms with E-state index in [0.717, 1.165) is 30.3 Å². The van der Waals surface area contributed by atoms with Crippen LogP contribution in [0.15, 0.2) is 118 Å². The SMILES string of the molecule is O=S(=O)(OS(c1ccccc1)(c1ccccc1)c1cccc2ccccc12)C(F)(F)C(F)(F)C(F)(F)C(F)(F)C(F)(F)C(F)(F)F. The predicted molar refractivity (Wildman–Crippen MR) is 140 cm³/mol. The van der Waals surface area contributed by atoms with E-state index in [2.05, 4.69) is 0 Å². The first-order chi connectivity index (χ1) is 21.0. The van der Waals surface area contributed by atoms with Gasteiger partial charge in [0, 0.05) is 14.7 Å². The second kappa shape index (κ2) is 11.3. The lowest BCUT2D eigenvalue weighted by atomic mass is 9.98. The van der Waals surface area contributed by atoms with E-state index in [4.69, 9.17) is 3.63 Å². The molecule has 0 amide bonds. The van der Waals surface area contributed by atoms with Gasteiger partial charge >= 0.3 is 45.2 Å². The molecule has 250 valence electrons. The van der Waals surface area contributed by atoms with Crippen molar-refractivity contribution in [2.45, 2.75) is 49.8 Å². The second-order valence-corrected chi connectivity index (χ2v) is 14.0. The molecule has 0 atom stereocenters. The molecule has 3 nitrogen and oxygen atoms in total. The van der Waals surface area contributed by atoms with Gasteiger partial charge in [0.15, 0.2) is 0 Å². The van der Waals surface area contributed by atoms with Crippen LogP contribution in [0.1, 0.15) is 0 Å². The lowest BCUT2D eigenvalue weighted by Crippen LogP contribution is -2.71. The minimum Gasteiger partial charge on any atom is -0.202 e. The minimum absolute atomic E-state index is 0.0552. The topological polar surface area (TPSA) is 43.4 Å². The fourth-order valence-electron chi connectivity index (χ4n) is 4.27. The second-order valence-electron chi connectivity index (χ2n) is 9.49. The van der Waals surface area contributed by atoms with Gasteiger partial charge in [0.2, 0.25) is 0 Å². The molecule has 0 aromatic heterocycles.